The van der Waals surface area contributed by atoms with Gasteiger partial charge in [-0.2, -0.15) is 0 Å². The third-order valence-electron chi connectivity index (χ3n) is 3.17. The van der Waals surface area contributed by atoms with Gasteiger partial charge in [-0.15, -0.1) is 0 Å². The Bertz CT molecular complexity index is 774. The molecule has 2 N–H and O–H groups in total. The molecule has 0 aliphatic heterocycles. The molecule has 0 bridgehead atoms. The van der Waals surface area contributed by atoms with E-state index in [1.54, 1.807) is 12.1 Å². The second-order valence-corrected chi connectivity index (χ2v) is 5.67. The summed E-state index contributed by atoms with van der Waals surface area (Å²) in [6, 6.07) is 13.1. The van der Waals surface area contributed by atoms with Gasteiger partial charge in [0, 0.05) is 15.6 Å². The highest BCUT2D eigenvalue weighted by molar-refractivity contribution is 6.31. The quantitative estimate of drug-likeness (QED) is 0.706. The van der Waals surface area contributed by atoms with Gasteiger partial charge in [0.05, 0.1) is 5.56 Å². The van der Waals surface area contributed by atoms with E-state index in [0.29, 0.717) is 15.7 Å². The van der Waals surface area contributed by atoms with Crippen LogP contribution in [0.1, 0.15) is 5.56 Å². The standard InChI is InChI=1S/C16H12Cl2N2O/c1-9-6-11(8-13(18)7-9)15-14(16(19)21-20-15)10-2-4-12(17)5-3-10/h2-8H,19H2,1H3. The van der Waals surface area contributed by atoms with Crippen LogP contribution in [0.15, 0.2) is 47.0 Å². The van der Waals surface area contributed by atoms with Gasteiger partial charge in [-0.05, 0) is 48.4 Å². The molecule has 2 aromatic carbocycles. The fourth-order valence-corrected chi connectivity index (χ4v) is 2.68. The Morgan fingerprint density at radius 3 is 2.33 bits per heavy atom. The second-order valence-electron chi connectivity index (χ2n) is 4.79. The number of nitrogens with zero attached hydrogens (tertiary/aromatic N) is 1. The Hall–Kier alpha value is -1.97. The maximum atomic E-state index is 6.12. The summed E-state index contributed by atoms with van der Waals surface area (Å²) in [5.41, 5.74) is 10.1. The van der Waals surface area contributed by atoms with Crippen molar-refractivity contribution in [2.75, 3.05) is 5.73 Å². The Labute approximate surface area is 132 Å². The number of nitrogens with two attached hydrogens (primary N) is 1. The lowest BCUT2D eigenvalue weighted by atomic mass is 10.00. The number of hydrogen-bond donors (Lipinski definition) is 1. The van der Waals surface area contributed by atoms with E-state index in [1.807, 2.05) is 37.3 Å². The van der Waals surface area contributed by atoms with Crippen molar-refractivity contribution in [3.63, 3.8) is 0 Å². The molecular weight excluding hydrogens is 307 g/mol. The van der Waals surface area contributed by atoms with Gasteiger partial charge in [0.2, 0.25) is 5.88 Å². The predicted molar refractivity (Wildman–Crippen MR) is 86.5 cm³/mol. The van der Waals surface area contributed by atoms with Crippen LogP contribution < -0.4 is 5.73 Å². The van der Waals surface area contributed by atoms with Crippen LogP contribution in [0.5, 0.6) is 0 Å². The van der Waals surface area contributed by atoms with Crippen LogP contribution in [-0.4, -0.2) is 5.16 Å². The molecule has 3 rings (SSSR count). The third kappa shape index (κ3) is 2.75. The zero-order valence-corrected chi connectivity index (χ0v) is 12.7. The van der Waals surface area contributed by atoms with Gasteiger partial charge in [-0.1, -0.05) is 40.5 Å². The zero-order chi connectivity index (χ0) is 15.0. The molecule has 5 heteroatoms. The van der Waals surface area contributed by atoms with E-state index in [-0.39, 0.29) is 5.88 Å². The van der Waals surface area contributed by atoms with Crippen molar-refractivity contribution in [1.29, 1.82) is 0 Å². The van der Waals surface area contributed by atoms with Crippen LogP contribution in [0.25, 0.3) is 22.4 Å². The van der Waals surface area contributed by atoms with Gasteiger partial charge >= 0.3 is 0 Å². The average molecular weight is 319 g/mol. The minimum absolute atomic E-state index is 0.268. The number of benzene rings is 2. The summed E-state index contributed by atoms with van der Waals surface area (Å²) in [5.74, 6) is 0.268. The van der Waals surface area contributed by atoms with Crippen molar-refractivity contribution >= 4 is 29.1 Å². The molecule has 0 unspecified atom stereocenters. The molecule has 0 aliphatic rings. The molecule has 3 nitrogen and oxygen atoms in total. The van der Waals surface area contributed by atoms with Gasteiger partial charge < -0.3 is 10.3 Å². The number of anilines is 1. The summed E-state index contributed by atoms with van der Waals surface area (Å²) in [7, 11) is 0. The lowest BCUT2D eigenvalue weighted by Gasteiger charge is -2.05. The Balaban J connectivity index is 2.19. The first kappa shape index (κ1) is 14.0. The van der Waals surface area contributed by atoms with Crippen LogP contribution in [0.2, 0.25) is 10.0 Å². The molecule has 0 saturated carbocycles. The van der Waals surface area contributed by atoms with Crippen molar-refractivity contribution in [2.24, 2.45) is 0 Å². The first-order valence-electron chi connectivity index (χ1n) is 6.33. The number of hydrogen-bond acceptors (Lipinski definition) is 3. The molecular formula is C16H12Cl2N2O. The molecule has 0 aliphatic carbocycles. The Kier molecular flexibility index (Phi) is 3.62. The van der Waals surface area contributed by atoms with E-state index < -0.39 is 0 Å². The van der Waals surface area contributed by atoms with Crippen molar-refractivity contribution < 1.29 is 4.52 Å². The highest BCUT2D eigenvalue weighted by atomic mass is 35.5. The van der Waals surface area contributed by atoms with E-state index in [0.717, 1.165) is 22.3 Å². The van der Waals surface area contributed by atoms with E-state index in [1.165, 1.54) is 0 Å². The fourth-order valence-electron chi connectivity index (χ4n) is 2.27. The number of aryl methyl sites for hydroxylation is 1. The fraction of sp³-hybridized carbons (Fsp3) is 0.0625. The monoisotopic (exact) mass is 318 g/mol. The first-order valence-corrected chi connectivity index (χ1v) is 7.09. The van der Waals surface area contributed by atoms with Gasteiger partial charge in [-0.3, -0.25) is 0 Å². The molecule has 1 heterocycles. The molecule has 21 heavy (non-hydrogen) atoms. The van der Waals surface area contributed by atoms with Crippen molar-refractivity contribution in [3.8, 4) is 22.4 Å². The lowest BCUT2D eigenvalue weighted by Crippen LogP contribution is -1.88. The average Bonchev–Trinajstić information content (AvgIpc) is 2.80. The summed E-state index contributed by atoms with van der Waals surface area (Å²) in [6.45, 7) is 1.97. The van der Waals surface area contributed by atoms with Gasteiger partial charge in [0.25, 0.3) is 0 Å². The van der Waals surface area contributed by atoms with Crippen LogP contribution in [0.4, 0.5) is 5.88 Å². The summed E-state index contributed by atoms with van der Waals surface area (Å²) < 4.78 is 5.17. The number of rotatable bonds is 2. The highest BCUT2D eigenvalue weighted by Gasteiger charge is 2.18. The summed E-state index contributed by atoms with van der Waals surface area (Å²) in [4.78, 5) is 0. The van der Waals surface area contributed by atoms with Crippen molar-refractivity contribution in [3.05, 3.63) is 58.1 Å². The maximum Gasteiger partial charge on any atom is 0.230 e. The Morgan fingerprint density at radius 1 is 0.952 bits per heavy atom. The SMILES string of the molecule is Cc1cc(Cl)cc(-c2noc(N)c2-c2ccc(Cl)cc2)c1. The van der Waals surface area contributed by atoms with E-state index in [4.69, 9.17) is 33.5 Å². The molecule has 1 aromatic heterocycles. The van der Waals surface area contributed by atoms with Crippen LogP contribution >= 0.6 is 23.2 Å². The minimum Gasteiger partial charge on any atom is -0.367 e. The third-order valence-corrected chi connectivity index (χ3v) is 3.64. The summed E-state index contributed by atoms with van der Waals surface area (Å²) in [5, 5.41) is 5.38. The van der Waals surface area contributed by atoms with E-state index in [2.05, 4.69) is 5.16 Å². The summed E-state index contributed by atoms with van der Waals surface area (Å²) in [6.07, 6.45) is 0. The smallest absolute Gasteiger partial charge is 0.230 e. The van der Waals surface area contributed by atoms with Gasteiger partial charge in [0.15, 0.2) is 0 Å². The van der Waals surface area contributed by atoms with Gasteiger partial charge in [0.1, 0.15) is 5.69 Å². The van der Waals surface area contributed by atoms with Crippen molar-refractivity contribution in [1.82, 2.24) is 5.16 Å². The molecule has 0 radical (unpaired) electrons. The van der Waals surface area contributed by atoms with Crippen molar-refractivity contribution in [2.45, 2.75) is 6.92 Å². The molecule has 0 atom stereocenters. The number of nitrogen functional groups attached to an aromatic ring is 1. The molecule has 106 valence electrons. The predicted octanol–water partition coefficient (Wildman–Crippen LogP) is 5.21. The molecule has 0 fully saturated rings. The molecule has 3 aromatic rings. The Morgan fingerprint density at radius 2 is 1.67 bits per heavy atom. The highest BCUT2D eigenvalue weighted by Crippen LogP contribution is 2.37. The lowest BCUT2D eigenvalue weighted by molar-refractivity contribution is 0.439. The zero-order valence-electron chi connectivity index (χ0n) is 11.2. The van der Waals surface area contributed by atoms with Crippen LogP contribution in [0, 0.1) is 6.92 Å². The van der Waals surface area contributed by atoms with Crippen LogP contribution in [0.3, 0.4) is 0 Å². The maximum absolute atomic E-state index is 6.12. The number of halogens is 2. The normalized spacial score (nSPS) is 10.8. The molecule has 0 spiro atoms. The number of aromatic nitrogens is 1. The van der Waals surface area contributed by atoms with Gasteiger partial charge in [-0.25, -0.2) is 0 Å². The second kappa shape index (κ2) is 5.43. The van der Waals surface area contributed by atoms with E-state index >= 15 is 0 Å². The van der Waals surface area contributed by atoms with E-state index in [9.17, 15) is 0 Å². The first-order chi connectivity index (χ1) is 10.0. The summed E-state index contributed by atoms with van der Waals surface area (Å²) >= 11 is 12.0. The topological polar surface area (TPSA) is 52.0 Å². The largest absolute Gasteiger partial charge is 0.367 e. The van der Waals surface area contributed by atoms with Crippen LogP contribution in [-0.2, 0) is 0 Å². The molecule has 0 saturated heterocycles. The minimum atomic E-state index is 0.268. The molecule has 0 amide bonds.